The van der Waals surface area contributed by atoms with Gasteiger partial charge in [-0.15, -0.1) is 6.58 Å². The molecule has 96 valence electrons. The Balaban J connectivity index is 1.68. The van der Waals surface area contributed by atoms with E-state index in [9.17, 15) is 0 Å². The third-order valence-corrected chi connectivity index (χ3v) is 3.43. The molecule has 1 aromatic heterocycles. The highest BCUT2D eigenvalue weighted by molar-refractivity contribution is 5.40. The maximum Gasteiger partial charge on any atom is 0.147 e. The smallest absolute Gasteiger partial charge is 0.147 e. The second kappa shape index (κ2) is 5.06. The Morgan fingerprint density at radius 2 is 2.17 bits per heavy atom. The van der Waals surface area contributed by atoms with E-state index >= 15 is 0 Å². The highest BCUT2D eigenvalue weighted by Gasteiger charge is 2.29. The lowest BCUT2D eigenvalue weighted by Gasteiger charge is -2.21. The highest BCUT2D eigenvalue weighted by Crippen LogP contribution is 2.30. The van der Waals surface area contributed by atoms with Gasteiger partial charge in [0.05, 0.1) is 11.9 Å². The minimum atomic E-state index is 0.643. The predicted octanol–water partition coefficient (Wildman–Crippen LogP) is 1.88. The first-order chi connectivity index (χ1) is 8.86. The van der Waals surface area contributed by atoms with Crippen LogP contribution < -0.4 is 10.2 Å². The monoisotopic (exact) mass is 244 g/mol. The first-order valence-corrected chi connectivity index (χ1v) is 6.78. The summed E-state index contributed by atoms with van der Waals surface area (Å²) in [4.78, 5) is 11.3. The molecule has 2 fully saturated rings. The van der Waals surface area contributed by atoms with Crippen molar-refractivity contribution in [3.63, 3.8) is 0 Å². The Kier molecular flexibility index (Phi) is 3.28. The van der Waals surface area contributed by atoms with E-state index in [2.05, 4.69) is 21.8 Å². The number of nitrogens with zero attached hydrogens (tertiary/aromatic N) is 3. The van der Waals surface area contributed by atoms with Gasteiger partial charge in [-0.2, -0.15) is 0 Å². The van der Waals surface area contributed by atoms with Gasteiger partial charge in [0.2, 0.25) is 0 Å². The third-order valence-electron chi connectivity index (χ3n) is 3.43. The summed E-state index contributed by atoms with van der Waals surface area (Å²) in [5.74, 6) is 0.993. The molecule has 0 unspecified atom stereocenters. The summed E-state index contributed by atoms with van der Waals surface area (Å²) < 4.78 is 0. The fourth-order valence-electron chi connectivity index (χ4n) is 2.11. The van der Waals surface area contributed by atoms with Crippen molar-refractivity contribution in [1.29, 1.82) is 0 Å². The Morgan fingerprint density at radius 1 is 1.33 bits per heavy atom. The van der Waals surface area contributed by atoms with Crippen molar-refractivity contribution < 1.29 is 0 Å². The molecule has 2 saturated carbocycles. The summed E-state index contributed by atoms with van der Waals surface area (Å²) in [6, 6.07) is 1.35. The third kappa shape index (κ3) is 2.88. The van der Waals surface area contributed by atoms with Gasteiger partial charge >= 0.3 is 0 Å². The van der Waals surface area contributed by atoms with Crippen molar-refractivity contribution in [3.05, 3.63) is 30.7 Å². The standard InChI is InChI=1S/C14H20N4/c1-2-7-18(13-5-6-13)14-10-15-8-12(17-14)9-16-11-3-4-11/h2,8,10-11,13,16H,1,3-7,9H2. The maximum atomic E-state index is 4.71. The van der Waals surface area contributed by atoms with Crippen molar-refractivity contribution in [3.8, 4) is 0 Å². The number of rotatable bonds is 7. The van der Waals surface area contributed by atoms with Gasteiger partial charge in [0, 0.05) is 31.4 Å². The number of hydrogen-bond donors (Lipinski definition) is 1. The molecule has 4 heteroatoms. The van der Waals surface area contributed by atoms with Crippen LogP contribution in [0.15, 0.2) is 25.0 Å². The zero-order valence-electron chi connectivity index (χ0n) is 10.7. The SMILES string of the molecule is C=CCN(c1cncc(CNC2CC2)n1)C1CC1. The largest absolute Gasteiger partial charge is 0.349 e. The minimum Gasteiger partial charge on any atom is -0.349 e. The molecule has 0 amide bonds. The van der Waals surface area contributed by atoms with E-state index in [0.29, 0.717) is 12.1 Å². The van der Waals surface area contributed by atoms with Crippen LogP contribution >= 0.6 is 0 Å². The Labute approximate surface area is 108 Å². The molecule has 1 aromatic rings. The van der Waals surface area contributed by atoms with E-state index < -0.39 is 0 Å². The number of hydrogen-bond acceptors (Lipinski definition) is 4. The van der Waals surface area contributed by atoms with Gasteiger partial charge in [0.25, 0.3) is 0 Å². The predicted molar refractivity (Wildman–Crippen MR) is 72.5 cm³/mol. The number of anilines is 1. The van der Waals surface area contributed by atoms with Crippen molar-refractivity contribution in [2.45, 2.75) is 44.3 Å². The summed E-state index contributed by atoms with van der Waals surface area (Å²) in [5.41, 5.74) is 1.04. The maximum absolute atomic E-state index is 4.71. The van der Waals surface area contributed by atoms with Crippen molar-refractivity contribution in [2.24, 2.45) is 0 Å². The van der Waals surface area contributed by atoms with E-state index in [0.717, 1.165) is 24.6 Å². The van der Waals surface area contributed by atoms with Gasteiger partial charge in [-0.25, -0.2) is 4.98 Å². The average molecular weight is 244 g/mol. The van der Waals surface area contributed by atoms with Gasteiger partial charge in [-0.05, 0) is 25.7 Å². The summed E-state index contributed by atoms with van der Waals surface area (Å²) >= 11 is 0. The van der Waals surface area contributed by atoms with Gasteiger partial charge in [0.1, 0.15) is 5.82 Å². The minimum absolute atomic E-state index is 0.643. The number of aromatic nitrogens is 2. The molecule has 0 radical (unpaired) electrons. The van der Waals surface area contributed by atoms with Crippen LogP contribution in [0.1, 0.15) is 31.4 Å². The van der Waals surface area contributed by atoms with Crippen LogP contribution in [-0.2, 0) is 6.54 Å². The summed E-state index contributed by atoms with van der Waals surface area (Å²) in [5, 5.41) is 3.47. The Hall–Kier alpha value is -1.42. The zero-order chi connectivity index (χ0) is 12.4. The van der Waals surface area contributed by atoms with Crippen molar-refractivity contribution in [1.82, 2.24) is 15.3 Å². The molecule has 3 rings (SSSR count). The van der Waals surface area contributed by atoms with Gasteiger partial charge in [-0.3, -0.25) is 4.98 Å². The van der Waals surface area contributed by atoms with Crippen LogP contribution in [-0.4, -0.2) is 28.6 Å². The fraction of sp³-hybridized carbons (Fsp3) is 0.571. The topological polar surface area (TPSA) is 41.1 Å². The molecular weight excluding hydrogens is 224 g/mol. The summed E-state index contributed by atoms with van der Waals surface area (Å²) in [6.07, 6.45) is 10.8. The molecule has 18 heavy (non-hydrogen) atoms. The molecule has 0 aliphatic heterocycles. The van der Waals surface area contributed by atoms with Gasteiger partial charge in [-0.1, -0.05) is 6.08 Å². The Bertz CT molecular complexity index is 424. The summed E-state index contributed by atoms with van der Waals surface area (Å²) in [7, 11) is 0. The first-order valence-electron chi connectivity index (χ1n) is 6.78. The molecule has 0 aromatic carbocycles. The van der Waals surface area contributed by atoms with Crippen molar-refractivity contribution in [2.75, 3.05) is 11.4 Å². The molecular formula is C14H20N4. The van der Waals surface area contributed by atoms with E-state index in [1.807, 2.05) is 18.5 Å². The molecule has 2 aliphatic carbocycles. The van der Waals surface area contributed by atoms with E-state index in [1.165, 1.54) is 25.7 Å². The van der Waals surface area contributed by atoms with Crippen LogP contribution in [0.25, 0.3) is 0 Å². The van der Waals surface area contributed by atoms with Gasteiger partial charge in [0.15, 0.2) is 0 Å². The highest BCUT2D eigenvalue weighted by atomic mass is 15.2. The second-order valence-corrected chi connectivity index (χ2v) is 5.20. The summed E-state index contributed by atoms with van der Waals surface area (Å²) in [6.45, 7) is 5.52. The van der Waals surface area contributed by atoms with E-state index in [-0.39, 0.29) is 0 Å². The quantitative estimate of drug-likeness (QED) is 0.744. The van der Waals surface area contributed by atoms with Crippen LogP contribution in [0.5, 0.6) is 0 Å². The zero-order valence-corrected chi connectivity index (χ0v) is 10.7. The molecule has 0 atom stereocenters. The first kappa shape index (κ1) is 11.7. The van der Waals surface area contributed by atoms with E-state index in [1.54, 1.807) is 0 Å². The molecule has 1 heterocycles. The lowest BCUT2D eigenvalue weighted by molar-refractivity contribution is 0.669. The molecule has 2 aliphatic rings. The lowest BCUT2D eigenvalue weighted by Crippen LogP contribution is -2.27. The Morgan fingerprint density at radius 3 is 2.83 bits per heavy atom. The molecule has 0 saturated heterocycles. The van der Waals surface area contributed by atoms with Gasteiger partial charge < -0.3 is 10.2 Å². The van der Waals surface area contributed by atoms with Crippen LogP contribution in [0.3, 0.4) is 0 Å². The molecule has 0 spiro atoms. The fourth-order valence-corrected chi connectivity index (χ4v) is 2.11. The van der Waals surface area contributed by atoms with Crippen LogP contribution in [0.4, 0.5) is 5.82 Å². The normalized spacial score (nSPS) is 18.7. The van der Waals surface area contributed by atoms with Crippen molar-refractivity contribution >= 4 is 5.82 Å². The van der Waals surface area contributed by atoms with E-state index in [4.69, 9.17) is 4.98 Å². The second-order valence-electron chi connectivity index (χ2n) is 5.20. The lowest BCUT2D eigenvalue weighted by atomic mass is 10.4. The molecule has 0 bridgehead atoms. The molecule has 4 nitrogen and oxygen atoms in total. The van der Waals surface area contributed by atoms with Crippen LogP contribution in [0.2, 0.25) is 0 Å². The molecule has 1 N–H and O–H groups in total. The van der Waals surface area contributed by atoms with Crippen LogP contribution in [0, 0.1) is 0 Å². The number of nitrogens with one attached hydrogen (secondary N) is 1. The average Bonchev–Trinajstić information content (AvgIpc) is 3.28.